The van der Waals surface area contributed by atoms with E-state index in [1.807, 2.05) is 24.3 Å². The fourth-order valence-corrected chi connectivity index (χ4v) is 3.45. The smallest absolute Gasteiger partial charge is 0.232 e. The van der Waals surface area contributed by atoms with Crippen LogP contribution in [0.4, 0.5) is 0 Å². The van der Waals surface area contributed by atoms with E-state index < -0.39 is 12.0 Å². The highest BCUT2D eigenvalue weighted by atomic mass is 16.6. The first-order chi connectivity index (χ1) is 11.1. The van der Waals surface area contributed by atoms with E-state index in [2.05, 4.69) is 9.97 Å². The van der Waals surface area contributed by atoms with E-state index in [4.69, 9.17) is 0 Å². The number of aromatic amines is 1. The molecule has 0 radical (unpaired) electrons. The molecule has 7 heteroatoms. The lowest BCUT2D eigenvalue weighted by Gasteiger charge is -2.31. The maximum absolute atomic E-state index is 12.3. The fourth-order valence-electron chi connectivity index (χ4n) is 3.45. The Morgan fingerprint density at radius 3 is 2.70 bits per heavy atom. The molecule has 1 saturated carbocycles. The summed E-state index contributed by atoms with van der Waals surface area (Å²) >= 11 is 0. The number of H-pyrrole nitrogens is 1. The SMILES string of the molecule is O=C([C@@H]1C[C@H]1[N+](=O)[O-])N1CCC(c2nc3ccccc3[nH]2)CC1. The van der Waals surface area contributed by atoms with Crippen LogP contribution < -0.4 is 0 Å². The normalized spacial score (nSPS) is 24.8. The number of nitrogens with one attached hydrogen (secondary N) is 1. The van der Waals surface area contributed by atoms with Crippen molar-refractivity contribution < 1.29 is 9.72 Å². The van der Waals surface area contributed by atoms with Crippen molar-refractivity contribution in [1.82, 2.24) is 14.9 Å². The van der Waals surface area contributed by atoms with Gasteiger partial charge >= 0.3 is 0 Å². The predicted molar refractivity (Wildman–Crippen MR) is 83.5 cm³/mol. The predicted octanol–water partition coefficient (Wildman–Crippen LogP) is 1.93. The minimum absolute atomic E-state index is 0.0465. The van der Waals surface area contributed by atoms with Crippen molar-refractivity contribution in [1.29, 1.82) is 0 Å². The third-order valence-corrected chi connectivity index (χ3v) is 4.95. The topological polar surface area (TPSA) is 92.1 Å². The molecule has 0 spiro atoms. The van der Waals surface area contributed by atoms with Crippen LogP contribution in [0.25, 0.3) is 11.0 Å². The van der Waals surface area contributed by atoms with Gasteiger partial charge in [0.05, 0.1) is 11.0 Å². The van der Waals surface area contributed by atoms with Crippen molar-refractivity contribution in [3.8, 4) is 0 Å². The van der Waals surface area contributed by atoms with Gasteiger partial charge in [-0.1, -0.05) is 12.1 Å². The summed E-state index contributed by atoms with van der Waals surface area (Å²) in [7, 11) is 0. The standard InChI is InChI=1S/C16H18N4O3/c21-16(11-9-14(11)20(22)23)19-7-5-10(6-8-19)15-17-12-3-1-2-4-13(12)18-15/h1-4,10-11,14H,5-9H2,(H,17,18)/t11-,14-/m1/s1. The van der Waals surface area contributed by atoms with E-state index in [9.17, 15) is 14.9 Å². The van der Waals surface area contributed by atoms with Crippen LogP contribution in [0.5, 0.6) is 0 Å². The van der Waals surface area contributed by atoms with Crippen molar-refractivity contribution in [3.05, 3.63) is 40.2 Å². The van der Waals surface area contributed by atoms with Gasteiger partial charge in [0.1, 0.15) is 11.7 Å². The van der Waals surface area contributed by atoms with Crippen molar-refractivity contribution in [3.63, 3.8) is 0 Å². The fraction of sp³-hybridized carbons (Fsp3) is 0.500. The van der Waals surface area contributed by atoms with Crippen LogP contribution in [0, 0.1) is 16.0 Å². The lowest BCUT2D eigenvalue weighted by molar-refractivity contribution is -0.497. The first kappa shape index (κ1) is 14.2. The average molecular weight is 314 g/mol. The molecule has 1 N–H and O–H groups in total. The monoisotopic (exact) mass is 314 g/mol. The molecule has 23 heavy (non-hydrogen) atoms. The summed E-state index contributed by atoms with van der Waals surface area (Å²) in [5.41, 5.74) is 2.00. The van der Waals surface area contributed by atoms with Gasteiger partial charge in [-0.25, -0.2) is 4.98 Å². The van der Waals surface area contributed by atoms with Crippen molar-refractivity contribution in [2.75, 3.05) is 13.1 Å². The van der Waals surface area contributed by atoms with Gasteiger partial charge in [0.15, 0.2) is 0 Å². The van der Waals surface area contributed by atoms with Crippen LogP contribution in [0.1, 0.15) is 31.0 Å². The van der Waals surface area contributed by atoms with Gasteiger partial charge < -0.3 is 9.88 Å². The van der Waals surface area contributed by atoms with Crippen LogP contribution in [-0.2, 0) is 4.79 Å². The number of aromatic nitrogens is 2. The van der Waals surface area contributed by atoms with Crippen LogP contribution in [0.15, 0.2) is 24.3 Å². The molecular formula is C16H18N4O3. The molecule has 1 aliphatic carbocycles. The third kappa shape index (κ3) is 2.56. The largest absolute Gasteiger partial charge is 0.342 e. The Morgan fingerprint density at radius 2 is 2.04 bits per heavy atom. The third-order valence-electron chi connectivity index (χ3n) is 4.95. The number of fused-ring (bicyclic) bond motifs is 1. The maximum atomic E-state index is 12.3. The maximum Gasteiger partial charge on any atom is 0.232 e. The number of rotatable bonds is 3. The molecule has 2 aromatic rings. The number of amides is 1. The molecule has 7 nitrogen and oxygen atoms in total. The number of carbonyl (C=O) groups excluding carboxylic acids is 1. The summed E-state index contributed by atoms with van der Waals surface area (Å²) in [5, 5.41) is 10.7. The zero-order valence-corrected chi connectivity index (χ0v) is 12.6. The molecule has 2 atom stereocenters. The Morgan fingerprint density at radius 1 is 1.30 bits per heavy atom. The Balaban J connectivity index is 1.39. The van der Waals surface area contributed by atoms with E-state index in [1.165, 1.54) is 0 Å². The summed E-state index contributed by atoms with van der Waals surface area (Å²) < 4.78 is 0. The van der Waals surface area contributed by atoms with E-state index in [1.54, 1.807) is 4.90 Å². The number of hydrogen-bond acceptors (Lipinski definition) is 4. The van der Waals surface area contributed by atoms with Gasteiger partial charge in [0, 0.05) is 30.4 Å². The van der Waals surface area contributed by atoms with E-state index in [-0.39, 0.29) is 10.8 Å². The second-order valence-corrected chi connectivity index (χ2v) is 6.43. The van der Waals surface area contributed by atoms with Gasteiger partial charge in [-0.15, -0.1) is 0 Å². The summed E-state index contributed by atoms with van der Waals surface area (Å²) in [5.74, 6) is 0.854. The minimum atomic E-state index is -0.657. The summed E-state index contributed by atoms with van der Waals surface area (Å²) in [4.78, 5) is 32.4. The number of imidazole rings is 1. The molecule has 1 amide bonds. The van der Waals surface area contributed by atoms with Crippen LogP contribution in [0.3, 0.4) is 0 Å². The molecule has 0 bridgehead atoms. The van der Waals surface area contributed by atoms with E-state index in [0.29, 0.717) is 25.4 Å². The highest BCUT2D eigenvalue weighted by molar-refractivity contribution is 5.82. The van der Waals surface area contributed by atoms with Crippen molar-refractivity contribution in [2.45, 2.75) is 31.2 Å². The van der Waals surface area contributed by atoms with Gasteiger partial charge in [-0.05, 0) is 25.0 Å². The summed E-state index contributed by atoms with van der Waals surface area (Å²) in [6.07, 6.45) is 2.10. The van der Waals surface area contributed by atoms with Crippen LogP contribution in [0.2, 0.25) is 0 Å². The van der Waals surface area contributed by atoms with E-state index in [0.717, 1.165) is 29.7 Å². The number of piperidine rings is 1. The Kier molecular flexibility index (Phi) is 3.28. The molecule has 2 aliphatic rings. The molecular weight excluding hydrogens is 296 g/mol. The van der Waals surface area contributed by atoms with E-state index >= 15 is 0 Å². The number of likely N-dealkylation sites (tertiary alicyclic amines) is 1. The van der Waals surface area contributed by atoms with Gasteiger partial charge in [0.25, 0.3) is 0 Å². The highest BCUT2D eigenvalue weighted by Gasteiger charge is 2.54. The molecule has 1 aliphatic heterocycles. The lowest BCUT2D eigenvalue weighted by Crippen LogP contribution is -2.39. The molecule has 120 valence electrons. The molecule has 4 rings (SSSR count). The molecule has 0 unspecified atom stereocenters. The highest BCUT2D eigenvalue weighted by Crippen LogP contribution is 2.36. The second kappa shape index (κ2) is 5.33. The molecule has 2 fully saturated rings. The number of nitrogens with zero attached hydrogens (tertiary/aromatic N) is 3. The first-order valence-electron chi connectivity index (χ1n) is 8.00. The number of benzene rings is 1. The lowest BCUT2D eigenvalue weighted by atomic mass is 9.96. The second-order valence-electron chi connectivity index (χ2n) is 6.43. The van der Waals surface area contributed by atoms with Gasteiger partial charge in [-0.2, -0.15) is 0 Å². The molecule has 1 saturated heterocycles. The molecule has 1 aromatic carbocycles. The summed E-state index contributed by atoms with van der Waals surface area (Å²) in [6, 6.07) is 7.28. The average Bonchev–Trinajstić information content (AvgIpc) is 3.26. The zero-order valence-electron chi connectivity index (χ0n) is 12.6. The number of para-hydroxylation sites is 2. The quantitative estimate of drug-likeness (QED) is 0.692. The molecule has 1 aromatic heterocycles. The molecule has 2 heterocycles. The zero-order chi connectivity index (χ0) is 16.0. The van der Waals surface area contributed by atoms with Gasteiger partial charge in [0.2, 0.25) is 11.9 Å². The summed E-state index contributed by atoms with van der Waals surface area (Å²) in [6.45, 7) is 1.31. The Hall–Kier alpha value is -2.44. The number of carbonyl (C=O) groups is 1. The van der Waals surface area contributed by atoms with Crippen LogP contribution >= 0.6 is 0 Å². The minimum Gasteiger partial charge on any atom is -0.342 e. The Bertz CT molecular complexity index is 731. The Labute approximate surface area is 132 Å². The number of nitro groups is 1. The number of hydrogen-bond donors (Lipinski definition) is 1. The van der Waals surface area contributed by atoms with Gasteiger partial charge in [-0.3, -0.25) is 14.9 Å². The van der Waals surface area contributed by atoms with Crippen LogP contribution in [-0.4, -0.2) is 44.8 Å². The van der Waals surface area contributed by atoms with Crippen molar-refractivity contribution in [2.24, 2.45) is 5.92 Å². The first-order valence-corrected chi connectivity index (χ1v) is 8.00. The van der Waals surface area contributed by atoms with Crippen molar-refractivity contribution >= 4 is 16.9 Å².